The number of carbonyl (C=O) groups excluding carboxylic acids is 4. The summed E-state index contributed by atoms with van der Waals surface area (Å²) in [5.41, 5.74) is 0. The molecule has 0 saturated carbocycles. The summed E-state index contributed by atoms with van der Waals surface area (Å²) in [6, 6.07) is 0. The van der Waals surface area contributed by atoms with Crippen LogP contribution in [0, 0.1) is 0 Å². The zero-order valence-electron chi connectivity index (χ0n) is 13.4. The molecule has 9 nitrogen and oxygen atoms in total. The molecule has 1 aliphatic rings. The van der Waals surface area contributed by atoms with E-state index in [9.17, 15) is 19.2 Å². The van der Waals surface area contributed by atoms with Crippen LogP contribution in [0.3, 0.4) is 0 Å². The van der Waals surface area contributed by atoms with Crippen LogP contribution in [0.5, 0.6) is 0 Å². The summed E-state index contributed by atoms with van der Waals surface area (Å²) in [6.07, 6.45) is -3.83. The van der Waals surface area contributed by atoms with E-state index in [1.165, 1.54) is 20.8 Å². The molecule has 1 aliphatic heterocycles. The van der Waals surface area contributed by atoms with Crippen molar-refractivity contribution < 1.29 is 42.9 Å². The Bertz CT molecular complexity index is 447. The van der Waals surface area contributed by atoms with Crippen LogP contribution in [0.4, 0.5) is 0 Å². The highest BCUT2D eigenvalue weighted by molar-refractivity contribution is 5.68. The first-order valence-electron chi connectivity index (χ1n) is 6.99. The van der Waals surface area contributed by atoms with Gasteiger partial charge in [0.25, 0.3) is 0 Å². The zero-order valence-corrected chi connectivity index (χ0v) is 13.4. The lowest BCUT2D eigenvalue weighted by Crippen LogP contribution is -2.54. The lowest BCUT2D eigenvalue weighted by atomic mass is 10.0. The fourth-order valence-corrected chi connectivity index (χ4v) is 2.12. The minimum absolute atomic E-state index is 0.113. The lowest BCUT2D eigenvalue weighted by Gasteiger charge is -2.39. The quantitative estimate of drug-likeness (QED) is 0.510. The van der Waals surface area contributed by atoms with Crippen LogP contribution in [-0.2, 0) is 42.9 Å². The molecule has 23 heavy (non-hydrogen) atoms. The van der Waals surface area contributed by atoms with Gasteiger partial charge in [0.15, 0.2) is 0 Å². The van der Waals surface area contributed by atoms with E-state index < -0.39 is 48.5 Å². The topological polar surface area (TPSA) is 114 Å². The van der Waals surface area contributed by atoms with Crippen LogP contribution in [0.1, 0.15) is 34.1 Å². The molecule has 0 aromatic carbocycles. The van der Waals surface area contributed by atoms with Gasteiger partial charge < -0.3 is 23.7 Å². The Hall–Kier alpha value is -2.16. The molecule has 0 radical (unpaired) electrons. The number of hydrogen-bond donors (Lipinski definition) is 0. The number of hydrogen-bond acceptors (Lipinski definition) is 9. The van der Waals surface area contributed by atoms with Crippen LogP contribution in [0.2, 0.25) is 0 Å². The first-order chi connectivity index (χ1) is 10.7. The maximum atomic E-state index is 11.2. The molecule has 0 N–H and O–H groups in total. The molecule has 4 atom stereocenters. The van der Waals surface area contributed by atoms with Crippen LogP contribution in [0.25, 0.3) is 0 Å². The number of rotatable bonds is 5. The van der Waals surface area contributed by atoms with Crippen molar-refractivity contribution in [2.24, 2.45) is 0 Å². The second-order valence-corrected chi connectivity index (χ2v) is 5.00. The first kappa shape index (κ1) is 18.9. The van der Waals surface area contributed by atoms with Gasteiger partial charge >= 0.3 is 23.9 Å². The van der Waals surface area contributed by atoms with E-state index in [0.29, 0.717) is 0 Å². The van der Waals surface area contributed by atoms with Crippen molar-refractivity contribution in [1.29, 1.82) is 0 Å². The third-order valence-corrected chi connectivity index (χ3v) is 2.83. The van der Waals surface area contributed by atoms with E-state index in [1.807, 2.05) is 0 Å². The summed E-state index contributed by atoms with van der Waals surface area (Å²) in [5.74, 6) is -2.42. The summed E-state index contributed by atoms with van der Waals surface area (Å²) in [6.45, 7) is 4.64. The standard InChI is InChI=1S/C14H20O9/c1-7(15)19-6-11-5-12(20-8(2)16)13(21-9(3)17)14(23-11)22-10(4)18/h11-14H,5-6H2,1-4H3/t11-,12-,13+,14+/m0/s1. The molecular weight excluding hydrogens is 312 g/mol. The molecule has 0 unspecified atom stereocenters. The maximum Gasteiger partial charge on any atom is 0.305 e. The van der Waals surface area contributed by atoms with Crippen molar-refractivity contribution in [2.75, 3.05) is 6.61 Å². The normalized spacial score (nSPS) is 26.8. The van der Waals surface area contributed by atoms with Gasteiger partial charge in [-0.1, -0.05) is 0 Å². The first-order valence-corrected chi connectivity index (χ1v) is 6.99. The van der Waals surface area contributed by atoms with Gasteiger partial charge in [0, 0.05) is 34.1 Å². The highest BCUT2D eigenvalue weighted by Gasteiger charge is 2.45. The molecule has 0 amide bonds. The van der Waals surface area contributed by atoms with Gasteiger partial charge in [-0.05, 0) is 0 Å². The van der Waals surface area contributed by atoms with Gasteiger partial charge in [0.1, 0.15) is 12.7 Å². The predicted octanol–water partition coefficient (Wildman–Crippen LogP) is 0.0910. The Labute approximate surface area is 133 Å². The van der Waals surface area contributed by atoms with Crippen molar-refractivity contribution in [3.05, 3.63) is 0 Å². The second-order valence-electron chi connectivity index (χ2n) is 5.00. The molecule has 0 aliphatic carbocycles. The third kappa shape index (κ3) is 6.64. The highest BCUT2D eigenvalue weighted by Crippen LogP contribution is 2.27. The molecule has 0 bridgehead atoms. The smallest absolute Gasteiger partial charge is 0.305 e. The second kappa shape index (κ2) is 8.47. The molecule has 1 rings (SSSR count). The van der Waals surface area contributed by atoms with Crippen LogP contribution >= 0.6 is 0 Å². The van der Waals surface area contributed by atoms with Gasteiger partial charge in [-0.2, -0.15) is 0 Å². The average Bonchev–Trinajstić information content (AvgIpc) is 2.38. The summed E-state index contributed by atoms with van der Waals surface area (Å²) in [5, 5.41) is 0. The van der Waals surface area contributed by atoms with Gasteiger partial charge in [-0.15, -0.1) is 0 Å². The summed E-state index contributed by atoms with van der Waals surface area (Å²) in [4.78, 5) is 44.6. The van der Waals surface area contributed by atoms with E-state index in [0.717, 1.165) is 6.92 Å². The monoisotopic (exact) mass is 332 g/mol. The van der Waals surface area contributed by atoms with E-state index >= 15 is 0 Å². The number of esters is 4. The fourth-order valence-electron chi connectivity index (χ4n) is 2.12. The fraction of sp³-hybridized carbons (Fsp3) is 0.714. The van der Waals surface area contributed by atoms with Crippen LogP contribution < -0.4 is 0 Å². The van der Waals surface area contributed by atoms with Gasteiger partial charge in [0.2, 0.25) is 12.4 Å². The molecular formula is C14H20O9. The van der Waals surface area contributed by atoms with Crippen molar-refractivity contribution in [1.82, 2.24) is 0 Å². The van der Waals surface area contributed by atoms with E-state index in [2.05, 4.69) is 0 Å². The highest BCUT2D eigenvalue weighted by atomic mass is 16.7. The zero-order chi connectivity index (χ0) is 17.6. The Kier molecular flexibility index (Phi) is 6.95. The van der Waals surface area contributed by atoms with Crippen LogP contribution in [-0.4, -0.2) is 55.1 Å². The minimum Gasteiger partial charge on any atom is -0.463 e. The summed E-state index contributed by atoms with van der Waals surface area (Å²) in [7, 11) is 0. The minimum atomic E-state index is -1.27. The predicted molar refractivity (Wildman–Crippen MR) is 72.8 cm³/mol. The Balaban J connectivity index is 2.92. The molecule has 1 fully saturated rings. The van der Waals surface area contributed by atoms with Crippen molar-refractivity contribution >= 4 is 23.9 Å². The molecule has 0 spiro atoms. The molecule has 1 heterocycles. The Morgan fingerprint density at radius 2 is 1.43 bits per heavy atom. The Morgan fingerprint density at radius 3 is 1.91 bits per heavy atom. The Morgan fingerprint density at radius 1 is 0.870 bits per heavy atom. The van der Waals surface area contributed by atoms with Gasteiger partial charge in [-0.25, -0.2) is 0 Å². The summed E-state index contributed by atoms with van der Waals surface area (Å²) >= 11 is 0. The third-order valence-electron chi connectivity index (χ3n) is 2.83. The van der Waals surface area contributed by atoms with E-state index in [4.69, 9.17) is 23.7 Å². The molecule has 0 aromatic rings. The molecule has 1 saturated heterocycles. The van der Waals surface area contributed by atoms with Gasteiger partial charge in [0.05, 0.1) is 6.10 Å². The molecule has 9 heteroatoms. The van der Waals surface area contributed by atoms with Gasteiger partial charge in [-0.3, -0.25) is 19.2 Å². The van der Waals surface area contributed by atoms with Crippen LogP contribution in [0.15, 0.2) is 0 Å². The molecule has 0 aromatic heterocycles. The van der Waals surface area contributed by atoms with Crippen molar-refractivity contribution in [2.45, 2.75) is 58.7 Å². The lowest BCUT2D eigenvalue weighted by molar-refractivity contribution is -0.271. The van der Waals surface area contributed by atoms with E-state index in [1.54, 1.807) is 0 Å². The molecule has 130 valence electrons. The summed E-state index contributed by atoms with van der Waals surface area (Å²) < 4.78 is 25.5. The average molecular weight is 332 g/mol. The maximum absolute atomic E-state index is 11.2. The van der Waals surface area contributed by atoms with Crippen molar-refractivity contribution in [3.63, 3.8) is 0 Å². The van der Waals surface area contributed by atoms with E-state index in [-0.39, 0.29) is 13.0 Å². The van der Waals surface area contributed by atoms with Crippen molar-refractivity contribution in [3.8, 4) is 0 Å². The largest absolute Gasteiger partial charge is 0.463 e. The SMILES string of the molecule is CC(=O)OC[C@@H]1C[C@H](OC(C)=O)[C@@H](OC(C)=O)[C@H](OC(C)=O)O1. The number of ether oxygens (including phenoxy) is 5. The number of carbonyl (C=O) groups is 4.